The molecular weight excluding hydrogens is 232 g/mol. The molecule has 0 aromatic heterocycles. The average molecular weight is 254 g/mol. The van der Waals surface area contributed by atoms with Crippen LogP contribution in [0.1, 0.15) is 24.5 Å². The molecule has 0 unspecified atom stereocenters. The molecule has 0 radical (unpaired) electrons. The van der Waals surface area contributed by atoms with Crippen LogP contribution >= 0.6 is 0 Å². The molecule has 0 heterocycles. The van der Waals surface area contributed by atoms with E-state index in [1.165, 1.54) is 11.1 Å². The summed E-state index contributed by atoms with van der Waals surface area (Å²) < 4.78 is 0. The quantitative estimate of drug-likeness (QED) is 0.817. The molecule has 0 aliphatic carbocycles. The second kappa shape index (κ2) is 6.28. The summed E-state index contributed by atoms with van der Waals surface area (Å²) in [5.74, 6) is 0. The van der Waals surface area contributed by atoms with Crippen molar-refractivity contribution >= 4 is 11.4 Å². The normalized spacial score (nSPS) is 10.4. The Morgan fingerprint density at radius 3 is 2.42 bits per heavy atom. The zero-order chi connectivity index (χ0) is 13.7. The Hall–Kier alpha value is -1.96. The van der Waals surface area contributed by atoms with Gasteiger partial charge in [0, 0.05) is 13.1 Å². The minimum Gasteiger partial charge on any atom is -0.397 e. The Kier molecular flexibility index (Phi) is 4.45. The van der Waals surface area contributed by atoms with E-state index in [2.05, 4.69) is 55.1 Å². The summed E-state index contributed by atoms with van der Waals surface area (Å²) in [6.07, 6.45) is 1.11. The van der Waals surface area contributed by atoms with Gasteiger partial charge in [0.2, 0.25) is 0 Å². The molecule has 19 heavy (non-hydrogen) atoms. The fraction of sp³-hybridized carbons (Fsp3) is 0.294. The van der Waals surface area contributed by atoms with Gasteiger partial charge in [0.15, 0.2) is 0 Å². The molecule has 2 aromatic rings. The molecule has 2 aromatic carbocycles. The monoisotopic (exact) mass is 254 g/mol. The SMILES string of the molecule is CCCN(Cc1ccccc1)c1ccc(C)cc1N. The predicted octanol–water partition coefficient (Wildman–Crippen LogP) is 3.99. The maximum absolute atomic E-state index is 6.16. The first kappa shape index (κ1) is 13.5. The highest BCUT2D eigenvalue weighted by molar-refractivity contribution is 5.68. The molecule has 2 N–H and O–H groups in total. The van der Waals surface area contributed by atoms with Crippen LogP contribution in [0, 0.1) is 6.92 Å². The van der Waals surface area contributed by atoms with Crippen molar-refractivity contribution in [3.05, 3.63) is 59.7 Å². The smallest absolute Gasteiger partial charge is 0.0603 e. The minimum absolute atomic E-state index is 0.865. The summed E-state index contributed by atoms with van der Waals surface area (Å²) in [5, 5.41) is 0. The zero-order valence-corrected chi connectivity index (χ0v) is 11.8. The van der Waals surface area contributed by atoms with E-state index in [1.807, 2.05) is 12.1 Å². The molecule has 0 aliphatic rings. The lowest BCUT2D eigenvalue weighted by Crippen LogP contribution is -2.24. The van der Waals surface area contributed by atoms with Crippen LogP contribution in [0.25, 0.3) is 0 Å². The number of hydrogen-bond donors (Lipinski definition) is 1. The summed E-state index contributed by atoms with van der Waals surface area (Å²) >= 11 is 0. The fourth-order valence-corrected chi connectivity index (χ4v) is 2.32. The number of nitrogens with two attached hydrogens (primary N) is 1. The summed E-state index contributed by atoms with van der Waals surface area (Å²) in [7, 11) is 0. The minimum atomic E-state index is 0.865. The van der Waals surface area contributed by atoms with E-state index in [9.17, 15) is 0 Å². The van der Waals surface area contributed by atoms with Gasteiger partial charge in [-0.15, -0.1) is 0 Å². The Labute approximate surface area is 115 Å². The van der Waals surface area contributed by atoms with Gasteiger partial charge in [-0.1, -0.05) is 43.3 Å². The topological polar surface area (TPSA) is 29.3 Å². The number of nitrogens with zero attached hydrogens (tertiary/aromatic N) is 1. The lowest BCUT2D eigenvalue weighted by atomic mass is 10.1. The first-order valence-corrected chi connectivity index (χ1v) is 6.85. The van der Waals surface area contributed by atoms with Crippen molar-refractivity contribution in [2.45, 2.75) is 26.8 Å². The highest BCUT2D eigenvalue weighted by Crippen LogP contribution is 2.26. The van der Waals surface area contributed by atoms with E-state index in [1.54, 1.807) is 0 Å². The number of hydrogen-bond acceptors (Lipinski definition) is 2. The second-order valence-electron chi connectivity index (χ2n) is 4.97. The van der Waals surface area contributed by atoms with Crippen LogP contribution in [0.15, 0.2) is 48.5 Å². The van der Waals surface area contributed by atoms with Crippen LogP contribution < -0.4 is 10.6 Å². The third kappa shape index (κ3) is 3.50. The van der Waals surface area contributed by atoms with Crippen molar-refractivity contribution in [3.63, 3.8) is 0 Å². The van der Waals surface area contributed by atoms with Crippen LogP contribution in [0.5, 0.6) is 0 Å². The Morgan fingerprint density at radius 1 is 1.05 bits per heavy atom. The first-order chi connectivity index (χ1) is 9.20. The van der Waals surface area contributed by atoms with Crippen LogP contribution in [0.4, 0.5) is 11.4 Å². The van der Waals surface area contributed by atoms with E-state index < -0.39 is 0 Å². The molecule has 0 fully saturated rings. The van der Waals surface area contributed by atoms with Gasteiger partial charge >= 0.3 is 0 Å². The van der Waals surface area contributed by atoms with E-state index >= 15 is 0 Å². The zero-order valence-electron chi connectivity index (χ0n) is 11.8. The number of rotatable bonds is 5. The molecule has 0 spiro atoms. The number of benzene rings is 2. The highest BCUT2D eigenvalue weighted by Gasteiger charge is 2.09. The highest BCUT2D eigenvalue weighted by atomic mass is 15.1. The van der Waals surface area contributed by atoms with Gasteiger partial charge in [-0.2, -0.15) is 0 Å². The van der Waals surface area contributed by atoms with E-state index in [4.69, 9.17) is 5.73 Å². The summed E-state index contributed by atoms with van der Waals surface area (Å²) in [5.41, 5.74) is 10.7. The van der Waals surface area contributed by atoms with Gasteiger partial charge in [-0.05, 0) is 36.6 Å². The standard InChI is InChI=1S/C17H22N2/c1-3-11-19(13-15-7-5-4-6-8-15)17-10-9-14(2)12-16(17)18/h4-10,12H,3,11,13,18H2,1-2H3. The third-order valence-electron chi connectivity index (χ3n) is 3.23. The molecule has 2 heteroatoms. The van der Waals surface area contributed by atoms with Crippen LogP contribution in [-0.2, 0) is 6.54 Å². The molecular formula is C17H22N2. The number of nitrogen functional groups attached to an aromatic ring is 1. The van der Waals surface area contributed by atoms with E-state index in [0.717, 1.165) is 30.9 Å². The van der Waals surface area contributed by atoms with Crippen molar-refractivity contribution in [1.82, 2.24) is 0 Å². The Morgan fingerprint density at radius 2 is 1.79 bits per heavy atom. The van der Waals surface area contributed by atoms with E-state index in [-0.39, 0.29) is 0 Å². The lowest BCUT2D eigenvalue weighted by molar-refractivity contribution is 0.768. The van der Waals surface area contributed by atoms with Gasteiger partial charge in [0.25, 0.3) is 0 Å². The maximum Gasteiger partial charge on any atom is 0.0603 e. The molecule has 2 rings (SSSR count). The largest absolute Gasteiger partial charge is 0.397 e. The van der Waals surface area contributed by atoms with Gasteiger partial charge < -0.3 is 10.6 Å². The Bertz CT molecular complexity index is 520. The Balaban J connectivity index is 2.24. The molecule has 0 aliphatic heterocycles. The average Bonchev–Trinajstić information content (AvgIpc) is 2.39. The van der Waals surface area contributed by atoms with Crippen molar-refractivity contribution in [2.24, 2.45) is 0 Å². The van der Waals surface area contributed by atoms with Crippen LogP contribution in [-0.4, -0.2) is 6.54 Å². The third-order valence-corrected chi connectivity index (χ3v) is 3.23. The predicted molar refractivity (Wildman–Crippen MR) is 83.4 cm³/mol. The summed E-state index contributed by atoms with van der Waals surface area (Å²) in [6.45, 7) is 6.19. The lowest BCUT2D eigenvalue weighted by Gasteiger charge is -2.26. The second-order valence-corrected chi connectivity index (χ2v) is 4.97. The van der Waals surface area contributed by atoms with Crippen molar-refractivity contribution in [2.75, 3.05) is 17.2 Å². The molecule has 0 atom stereocenters. The fourth-order valence-electron chi connectivity index (χ4n) is 2.32. The molecule has 0 saturated carbocycles. The summed E-state index contributed by atoms with van der Waals surface area (Å²) in [6, 6.07) is 16.8. The number of aryl methyl sites for hydroxylation is 1. The molecule has 0 amide bonds. The number of anilines is 2. The maximum atomic E-state index is 6.16. The first-order valence-electron chi connectivity index (χ1n) is 6.85. The van der Waals surface area contributed by atoms with Crippen molar-refractivity contribution in [3.8, 4) is 0 Å². The van der Waals surface area contributed by atoms with Gasteiger partial charge in [-0.3, -0.25) is 0 Å². The molecule has 0 bridgehead atoms. The molecule has 100 valence electrons. The van der Waals surface area contributed by atoms with Crippen LogP contribution in [0.2, 0.25) is 0 Å². The summed E-state index contributed by atoms with van der Waals surface area (Å²) in [4.78, 5) is 2.35. The van der Waals surface area contributed by atoms with E-state index in [0.29, 0.717) is 0 Å². The van der Waals surface area contributed by atoms with Gasteiger partial charge in [0.05, 0.1) is 11.4 Å². The van der Waals surface area contributed by atoms with Crippen molar-refractivity contribution < 1.29 is 0 Å². The van der Waals surface area contributed by atoms with Crippen molar-refractivity contribution in [1.29, 1.82) is 0 Å². The molecule has 2 nitrogen and oxygen atoms in total. The molecule has 0 saturated heterocycles. The van der Waals surface area contributed by atoms with Crippen LogP contribution in [0.3, 0.4) is 0 Å². The van der Waals surface area contributed by atoms with Gasteiger partial charge in [-0.25, -0.2) is 0 Å². The van der Waals surface area contributed by atoms with Gasteiger partial charge in [0.1, 0.15) is 0 Å².